The fourth-order valence-corrected chi connectivity index (χ4v) is 4.41. The van der Waals surface area contributed by atoms with E-state index in [-0.39, 0.29) is 0 Å². The van der Waals surface area contributed by atoms with Crippen LogP contribution in [0.5, 0.6) is 5.75 Å². The molecule has 0 N–H and O–H groups in total. The van der Waals surface area contributed by atoms with Gasteiger partial charge in [0.05, 0.1) is 6.61 Å². The summed E-state index contributed by atoms with van der Waals surface area (Å²) in [5, 5.41) is 0. The van der Waals surface area contributed by atoms with Crippen molar-refractivity contribution in [1.82, 2.24) is 9.88 Å². The highest BCUT2D eigenvalue weighted by atomic mass is 16.5. The lowest BCUT2D eigenvalue weighted by atomic mass is 9.98. The molecule has 1 aromatic carbocycles. The molecule has 3 nitrogen and oxygen atoms in total. The smallest absolute Gasteiger partial charge is 0.122 e. The molecular formula is C22H28N2O. The Bertz CT molecular complexity index is 750. The molecule has 2 aromatic rings. The van der Waals surface area contributed by atoms with Gasteiger partial charge >= 0.3 is 0 Å². The lowest BCUT2D eigenvalue weighted by molar-refractivity contribution is 0.252. The van der Waals surface area contributed by atoms with Crippen LogP contribution in [0.15, 0.2) is 30.3 Å². The number of pyridine rings is 1. The number of nitrogens with zero attached hydrogens (tertiary/aromatic N) is 2. The number of hydrogen-bond donors (Lipinski definition) is 0. The second kappa shape index (κ2) is 6.80. The molecular weight excluding hydrogens is 308 g/mol. The Balaban J connectivity index is 1.41. The van der Waals surface area contributed by atoms with E-state index in [2.05, 4.69) is 61.0 Å². The van der Waals surface area contributed by atoms with Crippen molar-refractivity contribution in [3.8, 4) is 5.75 Å². The molecule has 0 spiro atoms. The Kier molecular flexibility index (Phi) is 4.51. The summed E-state index contributed by atoms with van der Waals surface area (Å²) in [5.74, 6) is 1.84. The summed E-state index contributed by atoms with van der Waals surface area (Å²) in [6, 6.07) is 11.8. The number of aryl methyl sites for hydroxylation is 2. The molecule has 2 atom stereocenters. The molecule has 2 aliphatic heterocycles. The SMILES string of the molecule is Cc1cc(C[C@H]2CCN([C@H](C)c3ccc4c(c3)OCC4)C2)cc(C)n1. The fourth-order valence-electron chi connectivity index (χ4n) is 4.41. The van der Waals surface area contributed by atoms with Crippen molar-refractivity contribution in [2.75, 3.05) is 19.7 Å². The van der Waals surface area contributed by atoms with Crippen LogP contribution in [0.25, 0.3) is 0 Å². The van der Waals surface area contributed by atoms with Gasteiger partial charge in [0.25, 0.3) is 0 Å². The molecule has 3 heterocycles. The van der Waals surface area contributed by atoms with Gasteiger partial charge in [-0.05, 0) is 81.0 Å². The Morgan fingerprint density at radius 2 is 2.00 bits per heavy atom. The summed E-state index contributed by atoms with van der Waals surface area (Å²) < 4.78 is 5.75. The van der Waals surface area contributed by atoms with Crippen molar-refractivity contribution >= 4 is 0 Å². The van der Waals surface area contributed by atoms with Gasteiger partial charge in [0.2, 0.25) is 0 Å². The standard InChI is InChI=1S/C22H28N2O/c1-15-10-19(11-16(2)23-15)12-18-6-8-24(14-18)17(3)21-5-4-20-7-9-25-22(20)13-21/h4-5,10-11,13,17-18H,6-9,12,14H2,1-3H3/t17-,18-/m1/s1. The van der Waals surface area contributed by atoms with Crippen molar-refractivity contribution in [3.05, 3.63) is 58.4 Å². The van der Waals surface area contributed by atoms with E-state index >= 15 is 0 Å². The molecule has 4 rings (SSSR count). The Hall–Kier alpha value is -1.87. The van der Waals surface area contributed by atoms with Crippen molar-refractivity contribution in [2.24, 2.45) is 5.92 Å². The van der Waals surface area contributed by atoms with E-state index in [4.69, 9.17) is 4.74 Å². The lowest BCUT2D eigenvalue weighted by Crippen LogP contribution is -2.25. The summed E-state index contributed by atoms with van der Waals surface area (Å²) in [7, 11) is 0. The average molecular weight is 336 g/mol. The monoisotopic (exact) mass is 336 g/mol. The van der Waals surface area contributed by atoms with E-state index in [0.717, 1.165) is 36.1 Å². The second-order valence-corrected chi connectivity index (χ2v) is 7.75. The molecule has 25 heavy (non-hydrogen) atoms. The number of fused-ring (bicyclic) bond motifs is 1. The van der Waals surface area contributed by atoms with Gasteiger partial charge in [-0.3, -0.25) is 9.88 Å². The van der Waals surface area contributed by atoms with Crippen LogP contribution in [0.4, 0.5) is 0 Å². The molecule has 0 unspecified atom stereocenters. The largest absolute Gasteiger partial charge is 0.493 e. The highest BCUT2D eigenvalue weighted by Crippen LogP contribution is 2.33. The zero-order chi connectivity index (χ0) is 17.4. The van der Waals surface area contributed by atoms with Crippen LogP contribution >= 0.6 is 0 Å². The molecule has 0 radical (unpaired) electrons. The summed E-state index contributed by atoms with van der Waals surface area (Å²) in [6.45, 7) is 9.72. The van der Waals surface area contributed by atoms with Gasteiger partial charge in [-0.1, -0.05) is 12.1 Å². The highest BCUT2D eigenvalue weighted by Gasteiger charge is 2.27. The first-order chi connectivity index (χ1) is 12.1. The van der Waals surface area contributed by atoms with E-state index < -0.39 is 0 Å². The Morgan fingerprint density at radius 1 is 1.20 bits per heavy atom. The van der Waals surface area contributed by atoms with Gasteiger partial charge < -0.3 is 4.74 Å². The van der Waals surface area contributed by atoms with Crippen LogP contribution in [0.1, 0.15) is 47.5 Å². The van der Waals surface area contributed by atoms with Crippen molar-refractivity contribution in [3.63, 3.8) is 0 Å². The maximum atomic E-state index is 5.75. The van der Waals surface area contributed by atoms with E-state index in [1.807, 2.05) is 0 Å². The third-order valence-electron chi connectivity index (χ3n) is 5.73. The number of hydrogen-bond acceptors (Lipinski definition) is 3. The van der Waals surface area contributed by atoms with Gasteiger partial charge in [-0.2, -0.15) is 0 Å². The van der Waals surface area contributed by atoms with Crippen LogP contribution in [0, 0.1) is 19.8 Å². The lowest BCUT2D eigenvalue weighted by Gasteiger charge is -2.25. The van der Waals surface area contributed by atoms with Crippen LogP contribution in [0.3, 0.4) is 0 Å². The Labute approximate surface area is 151 Å². The van der Waals surface area contributed by atoms with Gasteiger partial charge in [0.1, 0.15) is 5.75 Å². The summed E-state index contributed by atoms with van der Waals surface area (Å²) in [5.41, 5.74) is 6.46. The number of likely N-dealkylation sites (tertiary alicyclic amines) is 1. The first kappa shape index (κ1) is 16.6. The second-order valence-electron chi connectivity index (χ2n) is 7.75. The van der Waals surface area contributed by atoms with Gasteiger partial charge in [0.15, 0.2) is 0 Å². The highest BCUT2D eigenvalue weighted by molar-refractivity contribution is 5.41. The third-order valence-corrected chi connectivity index (χ3v) is 5.73. The number of benzene rings is 1. The minimum Gasteiger partial charge on any atom is -0.493 e. The van der Waals surface area contributed by atoms with Gasteiger partial charge in [0, 0.05) is 30.4 Å². The first-order valence-electron chi connectivity index (χ1n) is 9.52. The summed E-state index contributed by atoms with van der Waals surface area (Å²) in [4.78, 5) is 7.13. The predicted molar refractivity (Wildman–Crippen MR) is 101 cm³/mol. The number of aromatic nitrogens is 1. The molecule has 0 amide bonds. The minimum absolute atomic E-state index is 0.459. The zero-order valence-electron chi connectivity index (χ0n) is 15.6. The topological polar surface area (TPSA) is 25.4 Å². The summed E-state index contributed by atoms with van der Waals surface area (Å²) >= 11 is 0. The van der Waals surface area contributed by atoms with E-state index in [0.29, 0.717) is 6.04 Å². The molecule has 0 bridgehead atoms. The van der Waals surface area contributed by atoms with E-state index in [9.17, 15) is 0 Å². The van der Waals surface area contributed by atoms with Crippen LogP contribution in [0.2, 0.25) is 0 Å². The third kappa shape index (κ3) is 3.57. The maximum absolute atomic E-state index is 5.75. The molecule has 1 fully saturated rings. The first-order valence-corrected chi connectivity index (χ1v) is 9.52. The van der Waals surface area contributed by atoms with Crippen molar-refractivity contribution in [1.29, 1.82) is 0 Å². The molecule has 1 aromatic heterocycles. The predicted octanol–water partition coefficient (Wildman–Crippen LogP) is 4.26. The van der Waals surface area contributed by atoms with Gasteiger partial charge in [-0.25, -0.2) is 0 Å². The minimum atomic E-state index is 0.459. The Morgan fingerprint density at radius 3 is 2.80 bits per heavy atom. The quantitative estimate of drug-likeness (QED) is 0.834. The fraction of sp³-hybridized carbons (Fsp3) is 0.500. The molecule has 0 aliphatic carbocycles. The molecule has 1 saturated heterocycles. The van der Waals surface area contributed by atoms with Crippen molar-refractivity contribution in [2.45, 2.75) is 46.1 Å². The molecule has 3 heteroatoms. The maximum Gasteiger partial charge on any atom is 0.122 e. The molecule has 2 aliphatic rings. The number of ether oxygens (including phenoxy) is 1. The van der Waals surface area contributed by atoms with Crippen LogP contribution < -0.4 is 4.74 Å². The zero-order valence-corrected chi connectivity index (χ0v) is 15.6. The average Bonchev–Trinajstić information content (AvgIpc) is 3.21. The normalized spacial score (nSPS) is 21.2. The van der Waals surface area contributed by atoms with E-state index in [1.165, 1.54) is 42.6 Å². The molecule has 0 saturated carbocycles. The van der Waals surface area contributed by atoms with Crippen LogP contribution in [-0.2, 0) is 12.8 Å². The van der Waals surface area contributed by atoms with E-state index in [1.54, 1.807) is 0 Å². The van der Waals surface area contributed by atoms with Gasteiger partial charge in [-0.15, -0.1) is 0 Å². The number of rotatable bonds is 4. The summed E-state index contributed by atoms with van der Waals surface area (Å²) in [6.07, 6.45) is 3.51. The molecule has 132 valence electrons. The van der Waals surface area contributed by atoms with Crippen LogP contribution in [-0.4, -0.2) is 29.6 Å². The van der Waals surface area contributed by atoms with Crippen molar-refractivity contribution < 1.29 is 4.74 Å².